The van der Waals surface area contributed by atoms with Crippen molar-refractivity contribution in [1.29, 1.82) is 0 Å². The van der Waals surface area contributed by atoms with Gasteiger partial charge in [0.1, 0.15) is 12.6 Å². The highest BCUT2D eigenvalue weighted by molar-refractivity contribution is 7.92. The maximum atomic E-state index is 14.6. The summed E-state index contributed by atoms with van der Waals surface area (Å²) < 4.78 is 29.1. The standard InChI is InChI=1S/C36H38N4O6S/c41-35(27-39(31-20-13-21-32(25-31)40(43)44)47(45,46)33-22-11-4-12-23-33)38(26-29-16-7-2-8-17-29)34(24-28-14-5-1-6-15-28)36(42)37-30-18-9-3-10-19-30/h1-2,4-8,11-17,20-23,25,30,34H,3,9-10,18-19,24,26-27H2,(H,37,42). The van der Waals surface area contributed by atoms with Crippen LogP contribution in [0.2, 0.25) is 0 Å². The molecule has 47 heavy (non-hydrogen) atoms. The lowest BCUT2D eigenvalue weighted by Gasteiger charge is -2.35. The molecule has 11 heteroatoms. The number of amides is 2. The van der Waals surface area contributed by atoms with E-state index in [-0.39, 0.29) is 41.2 Å². The fraction of sp³-hybridized carbons (Fsp3) is 0.278. The fourth-order valence-electron chi connectivity index (χ4n) is 5.89. The van der Waals surface area contributed by atoms with Gasteiger partial charge in [-0.15, -0.1) is 0 Å². The van der Waals surface area contributed by atoms with Crippen LogP contribution in [0.1, 0.15) is 43.2 Å². The Balaban J connectivity index is 1.57. The van der Waals surface area contributed by atoms with Gasteiger partial charge in [-0.05, 0) is 42.2 Å². The number of sulfonamides is 1. The third-order valence-electron chi connectivity index (χ3n) is 8.36. The molecule has 1 atom stereocenters. The normalized spacial score (nSPS) is 14.1. The van der Waals surface area contributed by atoms with Gasteiger partial charge in [0.2, 0.25) is 11.8 Å². The first-order valence-corrected chi connectivity index (χ1v) is 17.2. The van der Waals surface area contributed by atoms with E-state index in [1.807, 2.05) is 60.7 Å². The van der Waals surface area contributed by atoms with E-state index in [4.69, 9.17) is 0 Å². The summed E-state index contributed by atoms with van der Waals surface area (Å²) in [7, 11) is -4.36. The van der Waals surface area contributed by atoms with E-state index in [0.29, 0.717) is 0 Å². The highest BCUT2D eigenvalue weighted by Gasteiger charge is 2.35. The molecule has 1 aliphatic carbocycles. The van der Waals surface area contributed by atoms with Gasteiger partial charge in [-0.3, -0.25) is 24.0 Å². The van der Waals surface area contributed by atoms with Crippen molar-refractivity contribution in [3.63, 3.8) is 0 Å². The molecule has 1 fully saturated rings. The fourth-order valence-corrected chi connectivity index (χ4v) is 7.32. The molecule has 0 heterocycles. The summed E-state index contributed by atoms with van der Waals surface area (Å²) in [6.45, 7) is -0.642. The van der Waals surface area contributed by atoms with E-state index in [1.165, 1.54) is 35.2 Å². The highest BCUT2D eigenvalue weighted by Crippen LogP contribution is 2.28. The van der Waals surface area contributed by atoms with Crippen molar-refractivity contribution in [3.8, 4) is 0 Å². The quantitative estimate of drug-likeness (QED) is 0.142. The minimum Gasteiger partial charge on any atom is -0.352 e. The number of non-ortho nitro benzene ring substituents is 1. The minimum atomic E-state index is -4.36. The summed E-state index contributed by atoms with van der Waals surface area (Å²) in [5.41, 5.74) is 1.24. The van der Waals surface area contributed by atoms with Crippen LogP contribution in [0.4, 0.5) is 11.4 Å². The Morgan fingerprint density at radius 1 is 0.809 bits per heavy atom. The lowest BCUT2D eigenvalue weighted by atomic mass is 9.94. The zero-order valence-electron chi connectivity index (χ0n) is 26.0. The third-order valence-corrected chi connectivity index (χ3v) is 10.1. The lowest BCUT2D eigenvalue weighted by molar-refractivity contribution is -0.384. The Morgan fingerprint density at radius 2 is 1.40 bits per heavy atom. The molecule has 5 rings (SSSR count). The number of nitro groups is 1. The molecule has 4 aromatic carbocycles. The number of rotatable bonds is 13. The first-order chi connectivity index (χ1) is 22.7. The van der Waals surface area contributed by atoms with Crippen molar-refractivity contribution >= 4 is 33.2 Å². The van der Waals surface area contributed by atoms with Crippen LogP contribution < -0.4 is 9.62 Å². The van der Waals surface area contributed by atoms with Gasteiger partial charge in [-0.25, -0.2) is 8.42 Å². The van der Waals surface area contributed by atoms with Gasteiger partial charge >= 0.3 is 0 Å². The number of nitro benzene ring substituents is 1. The highest BCUT2D eigenvalue weighted by atomic mass is 32.2. The maximum absolute atomic E-state index is 14.6. The summed E-state index contributed by atoms with van der Waals surface area (Å²) in [6.07, 6.45) is 5.05. The Morgan fingerprint density at radius 3 is 2.02 bits per heavy atom. The van der Waals surface area contributed by atoms with E-state index in [9.17, 15) is 28.1 Å². The van der Waals surface area contributed by atoms with Gasteiger partial charge < -0.3 is 10.2 Å². The molecule has 10 nitrogen and oxygen atoms in total. The van der Waals surface area contributed by atoms with Gasteiger partial charge in [0.15, 0.2) is 0 Å². The molecule has 1 unspecified atom stereocenters. The molecule has 0 aromatic heterocycles. The molecule has 4 aromatic rings. The van der Waals surface area contributed by atoms with E-state index in [1.54, 1.807) is 18.2 Å². The zero-order valence-corrected chi connectivity index (χ0v) is 26.8. The van der Waals surface area contributed by atoms with Gasteiger partial charge in [0.05, 0.1) is 15.5 Å². The molecule has 0 bridgehead atoms. The van der Waals surface area contributed by atoms with Crippen LogP contribution in [0, 0.1) is 10.1 Å². The zero-order chi connectivity index (χ0) is 33.2. The molecular weight excluding hydrogens is 616 g/mol. The van der Waals surface area contributed by atoms with Crippen molar-refractivity contribution in [2.75, 3.05) is 10.8 Å². The number of carbonyl (C=O) groups is 2. The minimum absolute atomic E-state index is 0.0111. The van der Waals surface area contributed by atoms with Crippen LogP contribution in [-0.4, -0.2) is 48.7 Å². The number of hydrogen-bond acceptors (Lipinski definition) is 6. The molecule has 2 amide bonds. The summed E-state index contributed by atoms with van der Waals surface area (Å²) in [5, 5.41) is 14.8. The molecule has 1 N–H and O–H groups in total. The molecule has 0 aliphatic heterocycles. The summed E-state index contributed by atoms with van der Waals surface area (Å²) in [6, 6.07) is 30.4. The van der Waals surface area contributed by atoms with Crippen LogP contribution in [-0.2, 0) is 32.6 Å². The summed E-state index contributed by atoms with van der Waals surface area (Å²) >= 11 is 0. The van der Waals surface area contributed by atoms with Crippen molar-refractivity contribution in [2.24, 2.45) is 0 Å². The summed E-state index contributed by atoms with van der Waals surface area (Å²) in [4.78, 5) is 41.1. The van der Waals surface area contributed by atoms with Gasteiger partial charge in [0.25, 0.3) is 15.7 Å². The topological polar surface area (TPSA) is 130 Å². The number of nitrogens with zero attached hydrogens (tertiary/aromatic N) is 3. The number of benzene rings is 4. The van der Waals surface area contributed by atoms with Crippen LogP contribution in [0.5, 0.6) is 0 Å². The molecule has 1 aliphatic rings. The lowest BCUT2D eigenvalue weighted by Crippen LogP contribution is -2.55. The largest absolute Gasteiger partial charge is 0.352 e. The maximum Gasteiger partial charge on any atom is 0.271 e. The second-order valence-corrected chi connectivity index (χ2v) is 13.5. The van der Waals surface area contributed by atoms with Crippen LogP contribution in [0.3, 0.4) is 0 Å². The number of nitrogens with one attached hydrogen (secondary N) is 1. The Labute approximate surface area is 275 Å². The predicted molar refractivity (Wildman–Crippen MR) is 180 cm³/mol. The smallest absolute Gasteiger partial charge is 0.271 e. The molecule has 1 saturated carbocycles. The van der Waals surface area contributed by atoms with Crippen LogP contribution in [0.25, 0.3) is 0 Å². The van der Waals surface area contributed by atoms with E-state index in [0.717, 1.165) is 53.6 Å². The molecule has 244 valence electrons. The van der Waals surface area contributed by atoms with Crippen LogP contribution >= 0.6 is 0 Å². The average molecular weight is 655 g/mol. The number of hydrogen-bond donors (Lipinski definition) is 1. The van der Waals surface area contributed by atoms with E-state index in [2.05, 4.69) is 5.32 Å². The summed E-state index contributed by atoms with van der Waals surface area (Å²) in [5.74, 6) is -0.933. The van der Waals surface area contributed by atoms with Gasteiger partial charge in [-0.2, -0.15) is 0 Å². The predicted octanol–water partition coefficient (Wildman–Crippen LogP) is 5.88. The first-order valence-electron chi connectivity index (χ1n) is 15.7. The van der Waals surface area contributed by atoms with Gasteiger partial charge in [-0.1, -0.05) is 104 Å². The average Bonchev–Trinajstić information content (AvgIpc) is 3.10. The van der Waals surface area contributed by atoms with E-state index >= 15 is 0 Å². The second kappa shape index (κ2) is 15.5. The monoisotopic (exact) mass is 654 g/mol. The molecule has 0 saturated heterocycles. The molecular formula is C36H38N4O6S. The molecule has 0 spiro atoms. The Hall–Kier alpha value is -5.03. The SMILES string of the molecule is O=C(NC1CCCCC1)C(Cc1ccccc1)N(Cc1ccccc1)C(=O)CN(c1cccc([N+](=O)[O-])c1)S(=O)(=O)c1ccccc1. The first kappa shape index (κ1) is 33.3. The van der Waals surface area contributed by atoms with Crippen molar-refractivity contribution in [3.05, 3.63) is 137 Å². The van der Waals surface area contributed by atoms with Crippen molar-refractivity contribution in [2.45, 2.75) is 62.0 Å². The van der Waals surface area contributed by atoms with Crippen LogP contribution in [0.15, 0.2) is 120 Å². The Bertz CT molecular complexity index is 1770. The van der Waals surface area contributed by atoms with Crippen molar-refractivity contribution in [1.82, 2.24) is 10.2 Å². The Kier molecular flexibility index (Phi) is 11.0. The third kappa shape index (κ3) is 8.62. The van der Waals surface area contributed by atoms with Crippen molar-refractivity contribution < 1.29 is 22.9 Å². The number of anilines is 1. The number of carbonyl (C=O) groups excluding carboxylic acids is 2. The molecule has 0 radical (unpaired) electrons. The van der Waals surface area contributed by atoms with Gasteiger partial charge in [0, 0.05) is 31.1 Å². The second-order valence-electron chi connectivity index (χ2n) is 11.7. The van der Waals surface area contributed by atoms with E-state index < -0.39 is 33.4 Å².